The summed E-state index contributed by atoms with van der Waals surface area (Å²) in [4.78, 5) is 0. The van der Waals surface area contributed by atoms with Crippen molar-refractivity contribution in [3.05, 3.63) is 47.2 Å². The van der Waals surface area contributed by atoms with Crippen molar-refractivity contribution >= 4 is 11.6 Å². The molecule has 0 amide bonds. The van der Waals surface area contributed by atoms with Gasteiger partial charge >= 0.3 is 0 Å². The van der Waals surface area contributed by atoms with Crippen LogP contribution in [0.3, 0.4) is 0 Å². The molecule has 1 nitrogen and oxygen atoms in total. The van der Waals surface area contributed by atoms with Gasteiger partial charge in [-0.25, -0.2) is 0 Å². The first-order chi connectivity index (χ1) is 6.77. The van der Waals surface area contributed by atoms with E-state index in [1.54, 1.807) is 13.4 Å². The third kappa shape index (κ3) is 1.78. The van der Waals surface area contributed by atoms with Gasteiger partial charge in [-0.05, 0) is 36.6 Å². The molecule has 0 bridgehead atoms. The molecule has 1 saturated carbocycles. The molecule has 0 spiro atoms. The van der Waals surface area contributed by atoms with Crippen LogP contribution >= 0.6 is 11.6 Å². The third-order valence-corrected chi connectivity index (χ3v) is 2.98. The van der Waals surface area contributed by atoms with Crippen LogP contribution in [0.5, 0.6) is 0 Å². The minimum atomic E-state index is 0.223. The van der Waals surface area contributed by atoms with Crippen molar-refractivity contribution in [3.8, 4) is 0 Å². The Kier molecular flexibility index (Phi) is 2.51. The summed E-state index contributed by atoms with van der Waals surface area (Å²) in [5, 5.41) is 0.792. The predicted octanol–water partition coefficient (Wildman–Crippen LogP) is 3.53. The van der Waals surface area contributed by atoms with Gasteiger partial charge in [0.25, 0.3) is 0 Å². The van der Waals surface area contributed by atoms with Gasteiger partial charge in [0.15, 0.2) is 0 Å². The molecule has 1 fully saturated rings. The van der Waals surface area contributed by atoms with Gasteiger partial charge < -0.3 is 4.74 Å². The number of methoxy groups -OCH3 is 1. The lowest BCUT2D eigenvalue weighted by atomic mass is 9.96. The molecule has 0 atom stereocenters. The van der Waals surface area contributed by atoms with Crippen LogP contribution < -0.4 is 0 Å². The fraction of sp³-hybridized carbons (Fsp3) is 0.333. The van der Waals surface area contributed by atoms with E-state index in [9.17, 15) is 0 Å². The molecule has 1 aliphatic rings. The topological polar surface area (TPSA) is 9.23 Å². The SMILES string of the molecule is CO/C=C/C1(c2ccc(Cl)cc2)CC1. The van der Waals surface area contributed by atoms with Crippen LogP contribution in [0.2, 0.25) is 5.02 Å². The Morgan fingerprint density at radius 3 is 2.43 bits per heavy atom. The Bertz CT molecular complexity index is 336. The fourth-order valence-electron chi connectivity index (χ4n) is 1.67. The molecule has 0 saturated heterocycles. The molecule has 2 heteroatoms. The molecule has 1 aliphatic carbocycles. The van der Waals surface area contributed by atoms with Crippen molar-refractivity contribution in [2.75, 3.05) is 7.11 Å². The summed E-state index contributed by atoms with van der Waals surface area (Å²) in [5.41, 5.74) is 1.55. The molecule has 0 N–H and O–H groups in total. The maximum Gasteiger partial charge on any atom is 0.0793 e. The van der Waals surface area contributed by atoms with E-state index in [-0.39, 0.29) is 5.41 Å². The van der Waals surface area contributed by atoms with Crippen molar-refractivity contribution in [2.24, 2.45) is 0 Å². The standard InChI is InChI=1S/C12H13ClO/c1-14-9-8-12(6-7-12)10-2-4-11(13)5-3-10/h2-5,8-9H,6-7H2,1H3/b9-8+. The highest BCUT2D eigenvalue weighted by atomic mass is 35.5. The minimum Gasteiger partial charge on any atom is -0.505 e. The molecular weight excluding hydrogens is 196 g/mol. The average molecular weight is 209 g/mol. The summed E-state index contributed by atoms with van der Waals surface area (Å²) in [6, 6.07) is 8.07. The van der Waals surface area contributed by atoms with Gasteiger partial charge in [-0.15, -0.1) is 0 Å². The van der Waals surface area contributed by atoms with Crippen LogP contribution in [0, 0.1) is 0 Å². The molecule has 74 valence electrons. The smallest absolute Gasteiger partial charge is 0.0793 e. The van der Waals surface area contributed by atoms with E-state index in [0.717, 1.165) is 5.02 Å². The molecule has 1 aromatic carbocycles. The second-order valence-corrected chi connectivity index (χ2v) is 4.14. The maximum atomic E-state index is 5.84. The van der Waals surface area contributed by atoms with Gasteiger partial charge in [0, 0.05) is 10.4 Å². The zero-order chi connectivity index (χ0) is 10.0. The Balaban J connectivity index is 2.22. The third-order valence-electron chi connectivity index (χ3n) is 2.73. The van der Waals surface area contributed by atoms with Crippen molar-refractivity contribution in [1.82, 2.24) is 0 Å². The zero-order valence-corrected chi connectivity index (χ0v) is 8.92. The van der Waals surface area contributed by atoms with Crippen LogP contribution in [-0.2, 0) is 10.2 Å². The van der Waals surface area contributed by atoms with Gasteiger partial charge in [0.05, 0.1) is 13.4 Å². The highest BCUT2D eigenvalue weighted by molar-refractivity contribution is 6.30. The van der Waals surface area contributed by atoms with Gasteiger partial charge in [0.2, 0.25) is 0 Å². The Labute approximate surface area is 89.3 Å². The van der Waals surface area contributed by atoms with E-state index in [1.165, 1.54) is 18.4 Å². The number of ether oxygens (including phenoxy) is 1. The van der Waals surface area contributed by atoms with E-state index >= 15 is 0 Å². The van der Waals surface area contributed by atoms with E-state index in [1.807, 2.05) is 12.1 Å². The number of rotatable bonds is 3. The monoisotopic (exact) mass is 208 g/mol. The molecule has 14 heavy (non-hydrogen) atoms. The summed E-state index contributed by atoms with van der Waals surface area (Å²) in [6.45, 7) is 0. The average Bonchev–Trinajstić information content (AvgIpc) is 2.97. The Hall–Kier alpha value is -0.950. The summed E-state index contributed by atoms with van der Waals surface area (Å²) in [5.74, 6) is 0. The van der Waals surface area contributed by atoms with Gasteiger partial charge in [-0.3, -0.25) is 0 Å². The van der Waals surface area contributed by atoms with E-state index in [0.29, 0.717) is 0 Å². The molecule has 0 unspecified atom stereocenters. The second-order valence-electron chi connectivity index (χ2n) is 3.70. The maximum absolute atomic E-state index is 5.84. The van der Waals surface area contributed by atoms with Crippen molar-refractivity contribution in [2.45, 2.75) is 18.3 Å². The fourth-order valence-corrected chi connectivity index (χ4v) is 1.79. The summed E-state index contributed by atoms with van der Waals surface area (Å²) >= 11 is 5.84. The Morgan fingerprint density at radius 1 is 1.29 bits per heavy atom. The van der Waals surface area contributed by atoms with Gasteiger partial charge in [-0.1, -0.05) is 23.7 Å². The molecule has 2 rings (SSSR count). The highest BCUT2D eigenvalue weighted by Crippen LogP contribution is 2.49. The number of halogens is 1. The molecular formula is C12H13ClO. The first-order valence-corrected chi connectivity index (χ1v) is 5.11. The second kappa shape index (κ2) is 3.66. The van der Waals surface area contributed by atoms with Crippen LogP contribution in [0.25, 0.3) is 0 Å². The molecule has 0 heterocycles. The van der Waals surface area contributed by atoms with E-state index in [2.05, 4.69) is 18.2 Å². The largest absolute Gasteiger partial charge is 0.505 e. The lowest BCUT2D eigenvalue weighted by Gasteiger charge is -2.09. The normalized spacial score (nSPS) is 18.4. The minimum absolute atomic E-state index is 0.223. The molecule has 0 aromatic heterocycles. The lowest BCUT2D eigenvalue weighted by Crippen LogP contribution is -2.01. The van der Waals surface area contributed by atoms with Crippen LogP contribution in [0.4, 0.5) is 0 Å². The highest BCUT2D eigenvalue weighted by Gasteiger charge is 2.41. The van der Waals surface area contributed by atoms with Gasteiger partial charge in [-0.2, -0.15) is 0 Å². The van der Waals surface area contributed by atoms with Crippen molar-refractivity contribution < 1.29 is 4.74 Å². The molecule has 0 radical (unpaired) electrons. The number of hydrogen-bond donors (Lipinski definition) is 0. The van der Waals surface area contributed by atoms with E-state index < -0.39 is 0 Å². The van der Waals surface area contributed by atoms with Crippen LogP contribution in [0.15, 0.2) is 36.6 Å². The molecule has 1 aromatic rings. The Morgan fingerprint density at radius 2 is 1.93 bits per heavy atom. The summed E-state index contributed by atoms with van der Waals surface area (Å²) in [6.07, 6.45) is 6.31. The summed E-state index contributed by atoms with van der Waals surface area (Å²) < 4.78 is 4.96. The van der Waals surface area contributed by atoms with Crippen LogP contribution in [-0.4, -0.2) is 7.11 Å². The predicted molar refractivity (Wildman–Crippen MR) is 58.5 cm³/mol. The van der Waals surface area contributed by atoms with Crippen molar-refractivity contribution in [3.63, 3.8) is 0 Å². The number of benzene rings is 1. The summed E-state index contributed by atoms with van der Waals surface area (Å²) in [7, 11) is 1.68. The van der Waals surface area contributed by atoms with E-state index in [4.69, 9.17) is 16.3 Å². The zero-order valence-electron chi connectivity index (χ0n) is 8.16. The van der Waals surface area contributed by atoms with Gasteiger partial charge in [0.1, 0.15) is 0 Å². The number of hydrogen-bond acceptors (Lipinski definition) is 1. The first-order valence-electron chi connectivity index (χ1n) is 4.73. The van der Waals surface area contributed by atoms with Crippen molar-refractivity contribution in [1.29, 1.82) is 0 Å². The number of allylic oxidation sites excluding steroid dienone is 1. The first kappa shape index (κ1) is 9.60. The quantitative estimate of drug-likeness (QED) is 0.691. The molecule has 0 aliphatic heterocycles. The van der Waals surface area contributed by atoms with Crippen LogP contribution in [0.1, 0.15) is 18.4 Å². The lowest BCUT2D eigenvalue weighted by molar-refractivity contribution is 0.335.